The predicted molar refractivity (Wildman–Crippen MR) is 69.3 cm³/mol. The molecule has 0 atom stereocenters. The summed E-state index contributed by atoms with van der Waals surface area (Å²) in [7, 11) is -2.57. The van der Waals surface area contributed by atoms with Crippen LogP contribution in [0.25, 0.3) is 0 Å². The van der Waals surface area contributed by atoms with Crippen LogP contribution in [0.1, 0.15) is 10.4 Å². The number of halogens is 2. The van der Waals surface area contributed by atoms with E-state index in [0.717, 1.165) is 18.3 Å². The zero-order valence-corrected chi connectivity index (χ0v) is 11.7. The number of benzene rings is 1. The molecule has 0 aliphatic heterocycles. The Morgan fingerprint density at radius 3 is 2.70 bits per heavy atom. The van der Waals surface area contributed by atoms with Crippen LogP contribution in [0.15, 0.2) is 35.5 Å². The number of nitrogens with one attached hydrogen (secondary N) is 1. The smallest absolute Gasteiger partial charge is 0.267 e. The van der Waals surface area contributed by atoms with Crippen LogP contribution in [0.4, 0.5) is 4.39 Å². The highest BCUT2D eigenvalue weighted by Gasteiger charge is 2.22. The SMILES string of the molecule is Cn1cc(S(=O)(=O)NC(=O)c2ccc(Cl)cc2F)cn1. The first-order chi connectivity index (χ1) is 9.29. The van der Waals surface area contributed by atoms with Gasteiger partial charge in [-0.25, -0.2) is 17.5 Å². The third-order valence-electron chi connectivity index (χ3n) is 2.39. The average Bonchev–Trinajstić information content (AvgIpc) is 2.75. The van der Waals surface area contributed by atoms with E-state index < -0.39 is 27.3 Å². The van der Waals surface area contributed by atoms with Gasteiger partial charge in [0.15, 0.2) is 0 Å². The lowest BCUT2D eigenvalue weighted by atomic mass is 10.2. The summed E-state index contributed by atoms with van der Waals surface area (Å²) in [5, 5.41) is 3.79. The van der Waals surface area contributed by atoms with Crippen LogP contribution in [0.5, 0.6) is 0 Å². The first-order valence-electron chi connectivity index (χ1n) is 5.30. The molecular weight excluding hydrogens is 309 g/mol. The Kier molecular flexibility index (Phi) is 3.78. The summed E-state index contributed by atoms with van der Waals surface area (Å²) in [4.78, 5) is 11.6. The molecule has 2 aromatic rings. The van der Waals surface area contributed by atoms with Gasteiger partial charge >= 0.3 is 0 Å². The van der Waals surface area contributed by atoms with E-state index in [1.807, 2.05) is 0 Å². The van der Waals surface area contributed by atoms with Crippen LogP contribution in [0.2, 0.25) is 5.02 Å². The first-order valence-corrected chi connectivity index (χ1v) is 7.16. The second-order valence-electron chi connectivity index (χ2n) is 3.91. The number of carbonyl (C=O) groups excluding carboxylic acids is 1. The number of nitrogens with zero attached hydrogens (tertiary/aromatic N) is 2. The van der Waals surface area contributed by atoms with Gasteiger partial charge < -0.3 is 0 Å². The normalized spacial score (nSPS) is 11.3. The molecule has 1 N–H and O–H groups in total. The number of hydrogen-bond donors (Lipinski definition) is 1. The summed E-state index contributed by atoms with van der Waals surface area (Å²) in [6.07, 6.45) is 2.29. The number of aromatic nitrogens is 2. The van der Waals surface area contributed by atoms with E-state index in [1.165, 1.54) is 24.0 Å². The van der Waals surface area contributed by atoms with Crippen LogP contribution in [-0.2, 0) is 17.1 Å². The molecule has 0 aliphatic carbocycles. The van der Waals surface area contributed by atoms with E-state index in [4.69, 9.17) is 11.6 Å². The molecule has 0 spiro atoms. The number of hydrogen-bond acceptors (Lipinski definition) is 4. The topological polar surface area (TPSA) is 81.1 Å². The Balaban J connectivity index is 2.27. The summed E-state index contributed by atoms with van der Waals surface area (Å²) in [6.45, 7) is 0. The van der Waals surface area contributed by atoms with E-state index in [1.54, 1.807) is 4.72 Å². The van der Waals surface area contributed by atoms with Crippen molar-refractivity contribution in [1.82, 2.24) is 14.5 Å². The van der Waals surface area contributed by atoms with Crippen molar-refractivity contribution in [1.29, 1.82) is 0 Å². The fourth-order valence-corrected chi connectivity index (χ4v) is 2.56. The van der Waals surface area contributed by atoms with Crippen molar-refractivity contribution >= 4 is 27.5 Å². The lowest BCUT2D eigenvalue weighted by Crippen LogP contribution is -2.31. The third-order valence-corrected chi connectivity index (χ3v) is 3.91. The van der Waals surface area contributed by atoms with Crippen LogP contribution in [-0.4, -0.2) is 24.1 Å². The van der Waals surface area contributed by atoms with Gasteiger partial charge in [0.1, 0.15) is 10.7 Å². The molecule has 1 aromatic heterocycles. The molecular formula is C11H9ClFN3O3S. The molecule has 9 heteroatoms. The van der Waals surface area contributed by atoms with Crippen molar-refractivity contribution in [3.05, 3.63) is 47.0 Å². The molecule has 20 heavy (non-hydrogen) atoms. The van der Waals surface area contributed by atoms with Gasteiger partial charge in [0.2, 0.25) is 0 Å². The number of amides is 1. The molecule has 0 aliphatic rings. The molecule has 0 unspecified atom stereocenters. The lowest BCUT2D eigenvalue weighted by Gasteiger charge is -2.06. The fourth-order valence-electron chi connectivity index (χ4n) is 1.45. The second kappa shape index (κ2) is 5.22. The van der Waals surface area contributed by atoms with E-state index in [9.17, 15) is 17.6 Å². The van der Waals surface area contributed by atoms with Crippen molar-refractivity contribution in [2.75, 3.05) is 0 Å². The molecule has 0 bridgehead atoms. The maximum Gasteiger partial charge on any atom is 0.267 e. The summed E-state index contributed by atoms with van der Waals surface area (Å²) >= 11 is 5.55. The summed E-state index contributed by atoms with van der Waals surface area (Å²) < 4.78 is 40.3. The summed E-state index contributed by atoms with van der Waals surface area (Å²) in [5.41, 5.74) is -0.415. The molecule has 106 valence electrons. The average molecular weight is 318 g/mol. The molecule has 1 aromatic carbocycles. The van der Waals surface area contributed by atoms with Crippen LogP contribution in [0, 0.1) is 5.82 Å². The Morgan fingerprint density at radius 2 is 2.15 bits per heavy atom. The standard InChI is InChI=1S/C11H9ClFN3O3S/c1-16-6-8(5-14-16)20(18,19)15-11(17)9-3-2-7(12)4-10(9)13/h2-6H,1H3,(H,15,17). The molecule has 0 fully saturated rings. The molecule has 0 saturated heterocycles. The first kappa shape index (κ1) is 14.5. The second-order valence-corrected chi connectivity index (χ2v) is 6.03. The van der Waals surface area contributed by atoms with E-state index in [0.29, 0.717) is 0 Å². The summed E-state index contributed by atoms with van der Waals surface area (Å²) in [5.74, 6) is -1.99. The van der Waals surface area contributed by atoms with E-state index in [-0.39, 0.29) is 9.92 Å². The Bertz CT molecular complexity index is 773. The number of rotatable bonds is 3. The minimum atomic E-state index is -4.10. The van der Waals surface area contributed by atoms with Crippen molar-refractivity contribution in [3.8, 4) is 0 Å². The number of aryl methyl sites for hydroxylation is 1. The molecule has 0 radical (unpaired) electrons. The van der Waals surface area contributed by atoms with Gasteiger partial charge in [-0.15, -0.1) is 0 Å². The van der Waals surface area contributed by atoms with E-state index in [2.05, 4.69) is 5.10 Å². The highest BCUT2D eigenvalue weighted by atomic mass is 35.5. The zero-order chi connectivity index (χ0) is 14.9. The van der Waals surface area contributed by atoms with Gasteiger partial charge in [-0.3, -0.25) is 9.48 Å². The van der Waals surface area contributed by atoms with Crippen molar-refractivity contribution in [2.24, 2.45) is 7.05 Å². The molecule has 0 saturated carbocycles. The largest absolute Gasteiger partial charge is 0.274 e. The maximum absolute atomic E-state index is 13.5. The number of sulfonamides is 1. The number of carbonyl (C=O) groups is 1. The quantitative estimate of drug-likeness (QED) is 0.926. The highest BCUT2D eigenvalue weighted by Crippen LogP contribution is 2.15. The predicted octanol–water partition coefficient (Wildman–Crippen LogP) is 1.33. The highest BCUT2D eigenvalue weighted by molar-refractivity contribution is 7.90. The van der Waals surface area contributed by atoms with Gasteiger partial charge in [-0.1, -0.05) is 11.6 Å². The van der Waals surface area contributed by atoms with Crippen LogP contribution in [0.3, 0.4) is 0 Å². The Morgan fingerprint density at radius 1 is 1.45 bits per heavy atom. The lowest BCUT2D eigenvalue weighted by molar-refractivity contribution is 0.0977. The van der Waals surface area contributed by atoms with Crippen LogP contribution >= 0.6 is 11.6 Å². The molecule has 6 nitrogen and oxygen atoms in total. The zero-order valence-electron chi connectivity index (χ0n) is 10.2. The van der Waals surface area contributed by atoms with Crippen molar-refractivity contribution in [3.63, 3.8) is 0 Å². The summed E-state index contributed by atoms with van der Waals surface area (Å²) in [6, 6.07) is 3.31. The van der Waals surface area contributed by atoms with Gasteiger partial charge in [0, 0.05) is 18.3 Å². The Labute approximate surface area is 119 Å². The van der Waals surface area contributed by atoms with Gasteiger partial charge in [0.05, 0.1) is 11.8 Å². The van der Waals surface area contributed by atoms with Crippen molar-refractivity contribution in [2.45, 2.75) is 4.90 Å². The monoisotopic (exact) mass is 317 g/mol. The molecule has 1 heterocycles. The Hall–Kier alpha value is -1.93. The molecule has 1 amide bonds. The molecule has 2 rings (SSSR count). The van der Waals surface area contributed by atoms with Crippen LogP contribution < -0.4 is 4.72 Å². The van der Waals surface area contributed by atoms with Gasteiger partial charge in [-0.2, -0.15) is 5.10 Å². The van der Waals surface area contributed by atoms with Gasteiger partial charge in [0.25, 0.3) is 15.9 Å². The van der Waals surface area contributed by atoms with Gasteiger partial charge in [-0.05, 0) is 18.2 Å². The van der Waals surface area contributed by atoms with Crippen molar-refractivity contribution < 1.29 is 17.6 Å². The third kappa shape index (κ3) is 2.97. The fraction of sp³-hybridized carbons (Fsp3) is 0.0909. The minimum absolute atomic E-state index is 0.106. The minimum Gasteiger partial charge on any atom is -0.274 e. The maximum atomic E-state index is 13.5. The van der Waals surface area contributed by atoms with E-state index >= 15 is 0 Å².